The van der Waals surface area contributed by atoms with Crippen LogP contribution in [0.25, 0.3) is 10.9 Å². The van der Waals surface area contributed by atoms with Gasteiger partial charge in [-0.2, -0.15) is 0 Å². The van der Waals surface area contributed by atoms with Crippen molar-refractivity contribution in [2.24, 2.45) is 0 Å². The fourth-order valence-electron chi connectivity index (χ4n) is 3.12. The molecule has 0 spiro atoms. The summed E-state index contributed by atoms with van der Waals surface area (Å²) in [7, 11) is 1.30. The molecule has 31 heavy (non-hydrogen) atoms. The van der Waals surface area contributed by atoms with Crippen molar-refractivity contribution in [3.05, 3.63) is 60.0 Å². The molecular weight excluding hydrogens is 398 g/mol. The number of aromatic amines is 1. The molecule has 164 valence electrons. The fraction of sp³-hybridized carbons (Fsp3) is 0.348. The average Bonchev–Trinajstić information content (AvgIpc) is 3.13. The summed E-state index contributed by atoms with van der Waals surface area (Å²) in [5.74, 6) is -0.0991. The minimum Gasteiger partial charge on any atom is -0.490 e. The van der Waals surface area contributed by atoms with E-state index in [1.165, 1.54) is 19.5 Å². The first-order chi connectivity index (χ1) is 14.7. The molecule has 8 heteroatoms. The second-order valence-electron chi connectivity index (χ2n) is 8.12. The third-order valence-electron chi connectivity index (χ3n) is 4.45. The number of para-hydroxylation sites is 1. The lowest BCUT2D eigenvalue weighted by atomic mass is 10.1. The lowest BCUT2D eigenvalue weighted by Gasteiger charge is -2.24. The van der Waals surface area contributed by atoms with Crippen molar-refractivity contribution in [3.63, 3.8) is 0 Å². The molecule has 3 rings (SSSR count). The number of hydrogen-bond donors (Lipinski definition) is 2. The Hall–Kier alpha value is -3.55. The molecule has 0 saturated heterocycles. The molecule has 0 aliphatic rings. The number of aromatic nitrogens is 2. The number of esters is 1. The standard InChI is InChI=1S/C23H27N3O5/c1-23(2,3)31-22(28)26-17(9-15-12-25-20-8-6-5-7-19(15)20)14-30-18-10-16(11-24-13-18)21(27)29-4/h5-8,10-13,17,25H,9,14H2,1-4H3,(H,26,28)/t17-/m0/s1. The average molecular weight is 425 g/mol. The van der Waals surface area contributed by atoms with E-state index >= 15 is 0 Å². The number of methoxy groups -OCH3 is 1. The number of ether oxygens (including phenoxy) is 3. The number of carbonyl (C=O) groups is 2. The van der Waals surface area contributed by atoms with E-state index in [4.69, 9.17) is 14.2 Å². The highest BCUT2D eigenvalue weighted by molar-refractivity contribution is 5.89. The maximum atomic E-state index is 12.4. The number of amides is 1. The quantitative estimate of drug-likeness (QED) is 0.557. The second-order valence-corrected chi connectivity index (χ2v) is 8.12. The van der Waals surface area contributed by atoms with Crippen molar-refractivity contribution in [1.29, 1.82) is 0 Å². The van der Waals surface area contributed by atoms with Crippen LogP contribution in [-0.4, -0.2) is 47.4 Å². The van der Waals surface area contributed by atoms with Crippen molar-refractivity contribution < 1.29 is 23.8 Å². The highest BCUT2D eigenvalue weighted by atomic mass is 16.6. The smallest absolute Gasteiger partial charge is 0.408 e. The third kappa shape index (κ3) is 6.21. The molecule has 1 aromatic carbocycles. The van der Waals surface area contributed by atoms with Crippen molar-refractivity contribution in [2.45, 2.75) is 38.8 Å². The summed E-state index contributed by atoms with van der Waals surface area (Å²) in [6.07, 6.45) is 4.83. The van der Waals surface area contributed by atoms with Crippen molar-refractivity contribution >= 4 is 23.0 Å². The van der Waals surface area contributed by atoms with Gasteiger partial charge in [-0.05, 0) is 44.9 Å². The molecule has 0 unspecified atom stereocenters. The molecule has 0 bridgehead atoms. The summed E-state index contributed by atoms with van der Waals surface area (Å²) in [5, 5.41) is 3.96. The Morgan fingerprint density at radius 1 is 1.19 bits per heavy atom. The van der Waals surface area contributed by atoms with E-state index in [2.05, 4.69) is 15.3 Å². The molecular formula is C23H27N3O5. The zero-order chi connectivity index (χ0) is 22.4. The number of H-pyrrole nitrogens is 1. The Balaban J connectivity index is 1.75. The van der Waals surface area contributed by atoms with Gasteiger partial charge in [0.1, 0.15) is 18.0 Å². The molecule has 2 aromatic heterocycles. The largest absolute Gasteiger partial charge is 0.490 e. The minimum absolute atomic E-state index is 0.158. The van der Waals surface area contributed by atoms with Crippen LogP contribution in [0.4, 0.5) is 4.79 Å². The Morgan fingerprint density at radius 3 is 2.71 bits per heavy atom. The SMILES string of the molecule is COC(=O)c1cncc(OC[C@H](Cc2c[nH]c3ccccc23)NC(=O)OC(C)(C)C)c1. The summed E-state index contributed by atoms with van der Waals surface area (Å²) >= 11 is 0. The first-order valence-corrected chi connectivity index (χ1v) is 9.96. The van der Waals surface area contributed by atoms with Gasteiger partial charge in [-0.15, -0.1) is 0 Å². The highest BCUT2D eigenvalue weighted by Gasteiger charge is 2.21. The van der Waals surface area contributed by atoms with Gasteiger partial charge in [-0.3, -0.25) is 4.98 Å². The normalized spacial score (nSPS) is 12.3. The minimum atomic E-state index is -0.616. The zero-order valence-electron chi connectivity index (χ0n) is 18.1. The van der Waals surface area contributed by atoms with Crippen LogP contribution in [0.1, 0.15) is 36.7 Å². The lowest BCUT2D eigenvalue weighted by molar-refractivity contribution is 0.0487. The third-order valence-corrected chi connectivity index (χ3v) is 4.45. The summed E-state index contributed by atoms with van der Waals surface area (Å²) in [4.78, 5) is 31.4. The van der Waals surface area contributed by atoms with Gasteiger partial charge in [-0.25, -0.2) is 9.59 Å². The van der Waals surface area contributed by atoms with Crippen LogP contribution < -0.4 is 10.1 Å². The van der Waals surface area contributed by atoms with Gasteiger partial charge >= 0.3 is 12.1 Å². The van der Waals surface area contributed by atoms with E-state index in [1.807, 2.05) is 51.2 Å². The van der Waals surface area contributed by atoms with Crippen LogP contribution in [-0.2, 0) is 15.9 Å². The second kappa shape index (κ2) is 9.51. The number of carbonyl (C=O) groups excluding carboxylic acids is 2. The first-order valence-electron chi connectivity index (χ1n) is 9.96. The van der Waals surface area contributed by atoms with Crippen LogP contribution in [0.15, 0.2) is 48.9 Å². The number of benzene rings is 1. The predicted octanol–water partition coefficient (Wildman–Crippen LogP) is 3.86. The van der Waals surface area contributed by atoms with E-state index in [-0.39, 0.29) is 18.2 Å². The number of fused-ring (bicyclic) bond motifs is 1. The van der Waals surface area contributed by atoms with Crippen LogP contribution in [0.5, 0.6) is 5.75 Å². The predicted molar refractivity (Wildman–Crippen MR) is 116 cm³/mol. The van der Waals surface area contributed by atoms with Gasteiger partial charge in [-0.1, -0.05) is 18.2 Å². The van der Waals surface area contributed by atoms with Crippen LogP contribution in [0.3, 0.4) is 0 Å². The fourth-order valence-corrected chi connectivity index (χ4v) is 3.12. The molecule has 3 aromatic rings. The Labute approximate surface area is 180 Å². The number of pyridine rings is 1. The van der Waals surface area contributed by atoms with Gasteiger partial charge in [0, 0.05) is 23.3 Å². The van der Waals surface area contributed by atoms with Crippen LogP contribution in [0, 0.1) is 0 Å². The summed E-state index contributed by atoms with van der Waals surface area (Å²) in [6.45, 7) is 5.58. The van der Waals surface area contributed by atoms with E-state index in [1.54, 1.807) is 6.07 Å². The lowest BCUT2D eigenvalue weighted by Crippen LogP contribution is -2.43. The Morgan fingerprint density at radius 2 is 1.97 bits per heavy atom. The summed E-state index contributed by atoms with van der Waals surface area (Å²) in [6, 6.07) is 9.12. The number of alkyl carbamates (subject to hydrolysis) is 1. The van der Waals surface area contributed by atoms with Gasteiger partial charge in [0.2, 0.25) is 0 Å². The topological polar surface area (TPSA) is 103 Å². The van der Waals surface area contributed by atoms with Gasteiger partial charge in [0.25, 0.3) is 0 Å². The van der Waals surface area contributed by atoms with Crippen LogP contribution >= 0.6 is 0 Å². The Bertz CT molecular complexity index is 1050. The van der Waals surface area contributed by atoms with Crippen molar-refractivity contribution in [3.8, 4) is 5.75 Å². The molecule has 0 saturated carbocycles. The molecule has 1 atom stereocenters. The van der Waals surface area contributed by atoms with E-state index in [0.717, 1.165) is 16.5 Å². The summed E-state index contributed by atoms with van der Waals surface area (Å²) in [5.41, 5.74) is 1.73. The maximum absolute atomic E-state index is 12.4. The molecule has 2 heterocycles. The molecule has 8 nitrogen and oxygen atoms in total. The van der Waals surface area contributed by atoms with Crippen molar-refractivity contribution in [2.75, 3.05) is 13.7 Å². The van der Waals surface area contributed by atoms with Gasteiger partial charge in [0.15, 0.2) is 0 Å². The van der Waals surface area contributed by atoms with Gasteiger partial charge < -0.3 is 24.5 Å². The number of hydrogen-bond acceptors (Lipinski definition) is 6. The maximum Gasteiger partial charge on any atom is 0.408 e. The molecule has 0 radical (unpaired) electrons. The molecule has 0 aliphatic carbocycles. The molecule has 0 fully saturated rings. The zero-order valence-corrected chi connectivity index (χ0v) is 18.1. The van der Waals surface area contributed by atoms with Gasteiger partial charge in [0.05, 0.1) is 24.9 Å². The van der Waals surface area contributed by atoms with E-state index < -0.39 is 17.7 Å². The van der Waals surface area contributed by atoms with E-state index in [9.17, 15) is 9.59 Å². The van der Waals surface area contributed by atoms with E-state index in [0.29, 0.717) is 12.2 Å². The Kier molecular flexibility index (Phi) is 6.79. The highest BCUT2D eigenvalue weighted by Crippen LogP contribution is 2.20. The molecule has 2 N–H and O–H groups in total. The first kappa shape index (κ1) is 22.1. The monoisotopic (exact) mass is 425 g/mol. The summed E-state index contributed by atoms with van der Waals surface area (Å²) < 4.78 is 16.0. The van der Waals surface area contributed by atoms with Crippen LogP contribution in [0.2, 0.25) is 0 Å². The van der Waals surface area contributed by atoms with Crippen molar-refractivity contribution in [1.82, 2.24) is 15.3 Å². The molecule has 0 aliphatic heterocycles. The molecule has 1 amide bonds. The number of nitrogens with zero attached hydrogens (tertiary/aromatic N) is 1. The number of rotatable bonds is 7. The number of nitrogens with one attached hydrogen (secondary N) is 2.